The molecule has 2 amide bonds. The van der Waals surface area contributed by atoms with E-state index in [0.717, 1.165) is 12.8 Å². The van der Waals surface area contributed by atoms with Crippen LogP contribution in [0.1, 0.15) is 40.0 Å². The molecule has 5 heteroatoms. The van der Waals surface area contributed by atoms with Crippen LogP contribution in [-0.2, 0) is 14.3 Å². The molecule has 0 spiro atoms. The second-order valence-electron chi connectivity index (χ2n) is 5.48. The lowest BCUT2D eigenvalue weighted by atomic mass is 10.1. The summed E-state index contributed by atoms with van der Waals surface area (Å²) in [5.74, 6) is 0.00714. The molecule has 0 aromatic rings. The summed E-state index contributed by atoms with van der Waals surface area (Å²) in [4.78, 5) is 24.3. The Bertz CT molecular complexity index is 299. The van der Waals surface area contributed by atoms with Crippen molar-refractivity contribution in [2.45, 2.75) is 57.9 Å². The first kappa shape index (κ1) is 15.0. The molecule has 1 rings (SSSR count). The Balaban J connectivity index is 2.77. The fourth-order valence-electron chi connectivity index (χ4n) is 2.23. The van der Waals surface area contributed by atoms with E-state index >= 15 is 0 Å². The van der Waals surface area contributed by atoms with Gasteiger partial charge in [0.25, 0.3) is 0 Å². The molecule has 0 aromatic carbocycles. The molecule has 1 aliphatic heterocycles. The minimum absolute atomic E-state index is 0.00714. The highest BCUT2D eigenvalue weighted by Gasteiger charge is 2.36. The van der Waals surface area contributed by atoms with Gasteiger partial charge in [-0.15, -0.1) is 0 Å². The lowest BCUT2D eigenvalue weighted by Crippen LogP contribution is -2.52. The molecule has 1 N–H and O–H groups in total. The third-order valence-corrected chi connectivity index (χ3v) is 2.90. The van der Waals surface area contributed by atoms with Gasteiger partial charge in [0.05, 0.1) is 11.6 Å². The molecule has 1 fully saturated rings. The average Bonchev–Trinajstić information content (AvgIpc) is 2.74. The second kappa shape index (κ2) is 6.18. The van der Waals surface area contributed by atoms with E-state index in [0.29, 0.717) is 13.0 Å². The zero-order valence-corrected chi connectivity index (χ0v) is 11.4. The summed E-state index contributed by atoms with van der Waals surface area (Å²) in [6, 6.07) is -0.0938. The van der Waals surface area contributed by atoms with Crippen molar-refractivity contribution in [3.05, 3.63) is 6.92 Å². The lowest BCUT2D eigenvalue weighted by molar-refractivity contribution is -0.144. The monoisotopic (exact) mass is 255 g/mol. The van der Waals surface area contributed by atoms with Crippen LogP contribution in [0.3, 0.4) is 0 Å². The van der Waals surface area contributed by atoms with Crippen LogP contribution in [-0.4, -0.2) is 41.6 Å². The highest BCUT2D eigenvalue weighted by Crippen LogP contribution is 2.24. The van der Waals surface area contributed by atoms with Crippen LogP contribution in [0.15, 0.2) is 0 Å². The maximum Gasteiger partial charge on any atom is 0.222 e. The zero-order chi connectivity index (χ0) is 13.8. The van der Waals surface area contributed by atoms with Gasteiger partial charge in [-0.05, 0) is 40.5 Å². The predicted octanol–water partition coefficient (Wildman–Crippen LogP) is 1.09. The van der Waals surface area contributed by atoms with Crippen LogP contribution in [0, 0.1) is 6.92 Å². The molecule has 103 valence electrons. The van der Waals surface area contributed by atoms with Gasteiger partial charge >= 0.3 is 0 Å². The normalized spacial score (nSPS) is 21.8. The summed E-state index contributed by atoms with van der Waals surface area (Å²) < 4.78 is 5.83. The van der Waals surface area contributed by atoms with E-state index in [4.69, 9.17) is 4.74 Å². The maximum atomic E-state index is 11.8. The second-order valence-corrected chi connectivity index (χ2v) is 5.48. The Kier molecular flexibility index (Phi) is 5.14. The number of hydrogen-bond acceptors (Lipinski definition) is 3. The van der Waals surface area contributed by atoms with E-state index in [1.165, 1.54) is 0 Å². The smallest absolute Gasteiger partial charge is 0.222 e. The summed E-state index contributed by atoms with van der Waals surface area (Å²) in [5, 5.41) is 2.67. The number of carbonyl (C=O) groups is 2. The first-order valence-corrected chi connectivity index (χ1v) is 6.35. The predicted molar refractivity (Wildman–Crippen MR) is 68.5 cm³/mol. The summed E-state index contributed by atoms with van der Waals surface area (Å²) in [6.07, 6.45) is 2.18. The van der Waals surface area contributed by atoms with Crippen LogP contribution < -0.4 is 5.32 Å². The van der Waals surface area contributed by atoms with E-state index < -0.39 is 6.23 Å². The number of hydrogen-bond donors (Lipinski definition) is 1. The third kappa shape index (κ3) is 3.98. The zero-order valence-electron chi connectivity index (χ0n) is 11.4. The molecular formula is C13H23N2O3. The summed E-state index contributed by atoms with van der Waals surface area (Å²) in [5.41, 5.74) is -0.373. The molecule has 1 aliphatic rings. The van der Waals surface area contributed by atoms with Gasteiger partial charge in [0.15, 0.2) is 6.23 Å². The topological polar surface area (TPSA) is 58.6 Å². The fourth-order valence-corrected chi connectivity index (χ4v) is 2.23. The van der Waals surface area contributed by atoms with E-state index in [1.54, 1.807) is 4.90 Å². The molecule has 1 radical (unpaired) electrons. The van der Waals surface area contributed by atoms with E-state index in [1.807, 2.05) is 20.8 Å². The first-order chi connectivity index (χ1) is 8.39. The van der Waals surface area contributed by atoms with Gasteiger partial charge in [0.1, 0.15) is 0 Å². The van der Waals surface area contributed by atoms with Crippen molar-refractivity contribution in [1.29, 1.82) is 0 Å². The summed E-state index contributed by atoms with van der Waals surface area (Å²) in [7, 11) is 0. The molecule has 0 aromatic heterocycles. The quantitative estimate of drug-likeness (QED) is 0.591. The van der Waals surface area contributed by atoms with Crippen molar-refractivity contribution in [3.63, 3.8) is 0 Å². The van der Waals surface area contributed by atoms with Crippen molar-refractivity contribution in [2.24, 2.45) is 0 Å². The standard InChI is InChI=1S/C13H23N2O3/c1-5-11(17)15-8-6-7-10(15)12(14-9-16)18-13(2,3)4/h9-10,12H,1,5-8H2,2-4H3,(H,14,16). The summed E-state index contributed by atoms with van der Waals surface area (Å²) in [6.45, 7) is 10.1. The highest BCUT2D eigenvalue weighted by molar-refractivity contribution is 5.77. The molecular weight excluding hydrogens is 232 g/mol. The van der Waals surface area contributed by atoms with Gasteiger partial charge in [-0.2, -0.15) is 0 Å². The Morgan fingerprint density at radius 3 is 2.78 bits per heavy atom. The molecule has 18 heavy (non-hydrogen) atoms. The molecule has 2 atom stereocenters. The van der Waals surface area contributed by atoms with Gasteiger partial charge < -0.3 is 15.0 Å². The van der Waals surface area contributed by atoms with Gasteiger partial charge in [0, 0.05) is 13.0 Å². The molecule has 0 bridgehead atoms. The van der Waals surface area contributed by atoms with Crippen molar-refractivity contribution < 1.29 is 14.3 Å². The Hall–Kier alpha value is -1.10. The van der Waals surface area contributed by atoms with Crippen LogP contribution in [0.25, 0.3) is 0 Å². The maximum absolute atomic E-state index is 11.8. The first-order valence-electron chi connectivity index (χ1n) is 6.35. The van der Waals surface area contributed by atoms with Crippen molar-refractivity contribution in [2.75, 3.05) is 6.54 Å². The molecule has 2 unspecified atom stereocenters. The van der Waals surface area contributed by atoms with Crippen LogP contribution in [0.4, 0.5) is 0 Å². The summed E-state index contributed by atoms with van der Waals surface area (Å²) >= 11 is 0. The average molecular weight is 255 g/mol. The third-order valence-electron chi connectivity index (χ3n) is 2.90. The minimum atomic E-state index is -0.458. The van der Waals surface area contributed by atoms with E-state index in [2.05, 4.69) is 12.2 Å². The minimum Gasteiger partial charge on any atom is -0.351 e. The van der Waals surface area contributed by atoms with Crippen molar-refractivity contribution in [1.82, 2.24) is 10.2 Å². The number of carbonyl (C=O) groups excluding carboxylic acids is 2. The van der Waals surface area contributed by atoms with Crippen molar-refractivity contribution in [3.8, 4) is 0 Å². The van der Waals surface area contributed by atoms with E-state index in [9.17, 15) is 9.59 Å². The number of likely N-dealkylation sites (tertiary alicyclic amines) is 1. The number of nitrogens with zero attached hydrogens (tertiary/aromatic N) is 1. The Morgan fingerprint density at radius 1 is 1.61 bits per heavy atom. The fraction of sp³-hybridized carbons (Fsp3) is 0.769. The number of ether oxygens (including phenoxy) is 1. The Morgan fingerprint density at radius 2 is 2.28 bits per heavy atom. The van der Waals surface area contributed by atoms with Crippen molar-refractivity contribution >= 4 is 12.3 Å². The molecule has 1 heterocycles. The lowest BCUT2D eigenvalue weighted by Gasteiger charge is -2.35. The van der Waals surface area contributed by atoms with Gasteiger partial charge in [-0.25, -0.2) is 0 Å². The highest BCUT2D eigenvalue weighted by atomic mass is 16.5. The van der Waals surface area contributed by atoms with Gasteiger partial charge in [-0.3, -0.25) is 9.59 Å². The molecule has 1 saturated heterocycles. The largest absolute Gasteiger partial charge is 0.351 e. The Labute approximate surface area is 109 Å². The molecule has 5 nitrogen and oxygen atoms in total. The van der Waals surface area contributed by atoms with E-state index in [-0.39, 0.29) is 24.0 Å². The van der Waals surface area contributed by atoms with Gasteiger partial charge in [0.2, 0.25) is 12.3 Å². The molecule has 0 saturated carbocycles. The van der Waals surface area contributed by atoms with Gasteiger partial charge in [-0.1, -0.05) is 0 Å². The van der Waals surface area contributed by atoms with Crippen LogP contribution >= 0.6 is 0 Å². The molecule has 0 aliphatic carbocycles. The van der Waals surface area contributed by atoms with Crippen LogP contribution in [0.5, 0.6) is 0 Å². The number of nitrogens with one attached hydrogen (secondary N) is 1. The number of amides is 2. The SMILES string of the molecule is [CH2]CC(=O)N1CCCC1C(NC=O)OC(C)(C)C. The van der Waals surface area contributed by atoms with Crippen LogP contribution in [0.2, 0.25) is 0 Å². The number of rotatable bonds is 5.